The molecule has 0 aromatic rings. The maximum atomic E-state index is 12.1. The van der Waals surface area contributed by atoms with E-state index in [-0.39, 0.29) is 12.7 Å². The SMILES string of the molecule is C=CCOC(=O)[C@H](CSCC1COC(C)(C)O1)NC(=O)OC(C)(C)C. The second-order valence-corrected chi connectivity index (χ2v) is 8.18. The number of ether oxygens (including phenoxy) is 4. The van der Waals surface area contributed by atoms with Crippen LogP contribution in [-0.4, -0.2) is 60.3 Å². The van der Waals surface area contributed by atoms with Crippen molar-refractivity contribution in [2.45, 2.75) is 58.2 Å². The van der Waals surface area contributed by atoms with Crippen LogP contribution in [0.2, 0.25) is 0 Å². The van der Waals surface area contributed by atoms with Crippen LogP contribution in [0.15, 0.2) is 12.7 Å². The average Bonchev–Trinajstić information content (AvgIpc) is 2.81. The first-order chi connectivity index (χ1) is 11.5. The Morgan fingerprint density at radius 3 is 2.64 bits per heavy atom. The number of carbonyl (C=O) groups excluding carboxylic acids is 2. The van der Waals surface area contributed by atoms with Crippen LogP contribution < -0.4 is 5.32 Å². The van der Waals surface area contributed by atoms with E-state index in [2.05, 4.69) is 11.9 Å². The third kappa shape index (κ3) is 9.13. The zero-order valence-corrected chi connectivity index (χ0v) is 16.4. The predicted octanol–water partition coefficient (Wildman–Crippen LogP) is 2.49. The van der Waals surface area contributed by atoms with Crippen LogP contribution >= 0.6 is 11.8 Å². The molecule has 0 aliphatic carbocycles. The fraction of sp³-hybridized carbons (Fsp3) is 0.765. The van der Waals surface area contributed by atoms with Crippen LogP contribution in [0.5, 0.6) is 0 Å². The molecule has 1 rings (SSSR count). The fourth-order valence-corrected chi connectivity index (χ4v) is 3.04. The van der Waals surface area contributed by atoms with Gasteiger partial charge in [-0.1, -0.05) is 12.7 Å². The smallest absolute Gasteiger partial charge is 0.408 e. The molecule has 2 atom stereocenters. The molecule has 0 radical (unpaired) electrons. The van der Waals surface area contributed by atoms with Crippen molar-refractivity contribution in [2.24, 2.45) is 0 Å². The van der Waals surface area contributed by atoms with Gasteiger partial charge in [-0.15, -0.1) is 0 Å². The summed E-state index contributed by atoms with van der Waals surface area (Å²) in [6.45, 7) is 13.1. The summed E-state index contributed by atoms with van der Waals surface area (Å²) in [6, 6.07) is -0.810. The van der Waals surface area contributed by atoms with Gasteiger partial charge in [0, 0.05) is 11.5 Å². The van der Waals surface area contributed by atoms with Gasteiger partial charge in [0.05, 0.1) is 12.7 Å². The van der Waals surface area contributed by atoms with Crippen molar-refractivity contribution in [3.8, 4) is 0 Å². The molecule has 7 nitrogen and oxygen atoms in total. The Bertz CT molecular complexity index is 474. The molecule has 1 saturated heterocycles. The van der Waals surface area contributed by atoms with Crippen LogP contribution in [0.4, 0.5) is 4.79 Å². The second-order valence-electron chi connectivity index (χ2n) is 7.11. The molecule has 8 heteroatoms. The normalized spacial score (nSPS) is 20.6. The molecule has 0 bridgehead atoms. The van der Waals surface area contributed by atoms with Crippen molar-refractivity contribution in [3.63, 3.8) is 0 Å². The highest BCUT2D eigenvalue weighted by Gasteiger charge is 2.33. The molecular formula is C17H29NO6S. The number of amides is 1. The number of thioether (sulfide) groups is 1. The van der Waals surface area contributed by atoms with Crippen molar-refractivity contribution in [3.05, 3.63) is 12.7 Å². The van der Waals surface area contributed by atoms with Crippen LogP contribution in [0.1, 0.15) is 34.6 Å². The number of hydrogen-bond donors (Lipinski definition) is 1. The van der Waals surface area contributed by atoms with Gasteiger partial charge >= 0.3 is 12.1 Å². The Balaban J connectivity index is 2.51. The van der Waals surface area contributed by atoms with Crippen molar-refractivity contribution in [1.82, 2.24) is 5.32 Å². The van der Waals surface area contributed by atoms with E-state index in [1.165, 1.54) is 17.8 Å². The van der Waals surface area contributed by atoms with Gasteiger partial charge < -0.3 is 24.3 Å². The summed E-state index contributed by atoms with van der Waals surface area (Å²) in [7, 11) is 0. The summed E-state index contributed by atoms with van der Waals surface area (Å²) >= 11 is 1.48. The minimum Gasteiger partial charge on any atom is -0.460 e. The Morgan fingerprint density at radius 2 is 2.12 bits per heavy atom. The third-order valence-electron chi connectivity index (χ3n) is 2.97. The van der Waals surface area contributed by atoms with Crippen LogP contribution in [-0.2, 0) is 23.7 Å². The topological polar surface area (TPSA) is 83.1 Å². The molecule has 1 amide bonds. The highest BCUT2D eigenvalue weighted by Crippen LogP contribution is 2.24. The summed E-state index contributed by atoms with van der Waals surface area (Å²) < 4.78 is 21.5. The minimum absolute atomic E-state index is 0.0497. The molecule has 0 spiro atoms. The Hall–Kier alpha value is -1.25. The predicted molar refractivity (Wildman–Crippen MR) is 96.5 cm³/mol. The maximum Gasteiger partial charge on any atom is 0.408 e. The molecular weight excluding hydrogens is 346 g/mol. The molecule has 1 unspecified atom stereocenters. The molecule has 1 aliphatic rings. The van der Waals surface area contributed by atoms with E-state index in [9.17, 15) is 9.59 Å². The number of rotatable bonds is 8. The molecule has 0 saturated carbocycles. The van der Waals surface area contributed by atoms with Crippen molar-refractivity contribution in [1.29, 1.82) is 0 Å². The molecule has 0 aromatic carbocycles. The lowest BCUT2D eigenvalue weighted by atomic mass is 10.2. The summed E-state index contributed by atoms with van der Waals surface area (Å²) in [5.41, 5.74) is -0.645. The first kappa shape index (κ1) is 21.8. The van der Waals surface area contributed by atoms with E-state index in [1.54, 1.807) is 20.8 Å². The van der Waals surface area contributed by atoms with Gasteiger partial charge in [0.15, 0.2) is 5.79 Å². The van der Waals surface area contributed by atoms with Crippen LogP contribution in [0, 0.1) is 0 Å². The first-order valence-electron chi connectivity index (χ1n) is 8.19. The monoisotopic (exact) mass is 375 g/mol. The van der Waals surface area contributed by atoms with Gasteiger partial charge in [0.25, 0.3) is 0 Å². The molecule has 144 valence electrons. The van der Waals surface area contributed by atoms with Crippen LogP contribution in [0.3, 0.4) is 0 Å². The van der Waals surface area contributed by atoms with Crippen LogP contribution in [0.25, 0.3) is 0 Å². The van der Waals surface area contributed by atoms with E-state index in [1.807, 2.05) is 13.8 Å². The van der Waals surface area contributed by atoms with E-state index in [0.717, 1.165) is 0 Å². The van der Waals surface area contributed by atoms with E-state index in [0.29, 0.717) is 18.1 Å². The van der Waals surface area contributed by atoms with E-state index >= 15 is 0 Å². The first-order valence-corrected chi connectivity index (χ1v) is 9.34. The molecule has 0 aromatic heterocycles. The Kier molecular flexibility index (Phi) is 8.24. The number of nitrogens with one attached hydrogen (secondary N) is 1. The minimum atomic E-state index is -0.810. The lowest BCUT2D eigenvalue weighted by molar-refractivity contribution is -0.144. The Labute approximate surface area is 153 Å². The van der Waals surface area contributed by atoms with Crippen molar-refractivity contribution < 1.29 is 28.5 Å². The molecule has 1 N–H and O–H groups in total. The molecule has 1 aliphatic heterocycles. The molecule has 1 heterocycles. The lowest BCUT2D eigenvalue weighted by Crippen LogP contribution is -2.46. The fourth-order valence-electron chi connectivity index (χ4n) is 2.02. The second kappa shape index (κ2) is 9.45. The summed E-state index contributed by atoms with van der Waals surface area (Å²) in [5, 5.41) is 2.56. The van der Waals surface area contributed by atoms with Crippen molar-refractivity contribution >= 4 is 23.8 Å². The van der Waals surface area contributed by atoms with E-state index < -0.39 is 29.5 Å². The number of hydrogen-bond acceptors (Lipinski definition) is 7. The molecule has 1 fully saturated rings. The van der Waals surface area contributed by atoms with Gasteiger partial charge in [-0.2, -0.15) is 11.8 Å². The van der Waals surface area contributed by atoms with E-state index in [4.69, 9.17) is 18.9 Å². The largest absolute Gasteiger partial charge is 0.460 e. The number of esters is 1. The van der Waals surface area contributed by atoms with Gasteiger partial charge in [0.1, 0.15) is 18.2 Å². The summed E-state index contributed by atoms with van der Waals surface area (Å²) in [6.07, 6.45) is 0.767. The van der Waals surface area contributed by atoms with Gasteiger partial charge in [-0.3, -0.25) is 0 Å². The lowest BCUT2D eigenvalue weighted by Gasteiger charge is -2.23. The van der Waals surface area contributed by atoms with Crippen molar-refractivity contribution in [2.75, 3.05) is 24.7 Å². The zero-order valence-electron chi connectivity index (χ0n) is 15.6. The average molecular weight is 375 g/mol. The number of alkyl carbamates (subject to hydrolysis) is 1. The zero-order chi connectivity index (χ0) is 19.1. The van der Waals surface area contributed by atoms with Gasteiger partial charge in [0.2, 0.25) is 0 Å². The maximum absolute atomic E-state index is 12.1. The quantitative estimate of drug-likeness (QED) is 0.515. The highest BCUT2D eigenvalue weighted by atomic mass is 32.2. The molecule has 25 heavy (non-hydrogen) atoms. The standard InChI is InChI=1S/C17H29NO6S/c1-7-8-21-14(19)13(18-15(20)24-16(2,3)4)11-25-10-12-9-22-17(5,6)23-12/h7,12-13H,1,8-11H2,2-6H3,(H,18,20)/t12?,13-/m0/s1. The summed E-state index contributed by atoms with van der Waals surface area (Å²) in [5.74, 6) is -0.121. The third-order valence-corrected chi connectivity index (χ3v) is 4.15. The summed E-state index contributed by atoms with van der Waals surface area (Å²) in [4.78, 5) is 24.1. The highest BCUT2D eigenvalue weighted by molar-refractivity contribution is 7.99. The number of carbonyl (C=O) groups is 2. The Morgan fingerprint density at radius 1 is 1.44 bits per heavy atom. The van der Waals surface area contributed by atoms with Gasteiger partial charge in [-0.25, -0.2) is 9.59 Å². The van der Waals surface area contributed by atoms with Gasteiger partial charge in [-0.05, 0) is 34.6 Å².